The normalized spacial score (nSPS) is 11.3. The van der Waals surface area contributed by atoms with Gasteiger partial charge in [-0.15, -0.1) is 0 Å². The van der Waals surface area contributed by atoms with E-state index in [0.29, 0.717) is 22.6 Å². The first kappa shape index (κ1) is 21.0. The van der Waals surface area contributed by atoms with Gasteiger partial charge in [0.25, 0.3) is 5.91 Å². The first-order valence-corrected chi connectivity index (χ1v) is 9.41. The number of anilines is 1. The lowest BCUT2D eigenvalue weighted by Crippen LogP contribution is -2.18. The number of hydrogen-bond acceptors (Lipinski definition) is 5. The molecule has 0 saturated carbocycles. The van der Waals surface area contributed by atoms with E-state index in [-0.39, 0.29) is 17.6 Å². The van der Waals surface area contributed by atoms with E-state index >= 15 is 0 Å². The van der Waals surface area contributed by atoms with Crippen LogP contribution < -0.4 is 5.32 Å². The second kappa shape index (κ2) is 8.11. The fourth-order valence-electron chi connectivity index (χ4n) is 3.20. The minimum absolute atomic E-state index is 0.0442. The van der Waals surface area contributed by atoms with Gasteiger partial charge in [-0.25, -0.2) is 14.6 Å². The standard InChI is InChI=1S/C22H15F3N6O/c1-13-10-14(2-4-17(13)30-21(32)19-6-8-28-31(19)9-7-26)20-27-12-15-11-16(22(23,24)25)3-5-18(15)29-20/h2-6,8,10-12H,9H2,1H3,(H,30,32). The van der Waals surface area contributed by atoms with Crippen molar-refractivity contribution in [1.29, 1.82) is 5.26 Å². The summed E-state index contributed by atoms with van der Waals surface area (Å²) in [5, 5.41) is 15.8. The molecule has 10 heteroatoms. The molecule has 4 aromatic rings. The van der Waals surface area contributed by atoms with Crippen LogP contribution in [0.2, 0.25) is 0 Å². The number of halogens is 3. The third-order valence-electron chi connectivity index (χ3n) is 4.81. The molecule has 0 spiro atoms. The number of carbonyl (C=O) groups is 1. The maximum Gasteiger partial charge on any atom is 0.416 e. The number of fused-ring (bicyclic) bond motifs is 1. The molecule has 0 radical (unpaired) electrons. The highest BCUT2D eigenvalue weighted by atomic mass is 19.4. The fraction of sp³-hybridized carbons (Fsp3) is 0.136. The Morgan fingerprint density at radius 1 is 1.19 bits per heavy atom. The number of rotatable bonds is 4. The van der Waals surface area contributed by atoms with Crippen molar-refractivity contribution in [1.82, 2.24) is 19.7 Å². The molecular formula is C22H15F3N6O. The summed E-state index contributed by atoms with van der Waals surface area (Å²) in [6.07, 6.45) is -1.64. The van der Waals surface area contributed by atoms with Crippen molar-refractivity contribution >= 4 is 22.5 Å². The van der Waals surface area contributed by atoms with Crippen LogP contribution in [0.25, 0.3) is 22.3 Å². The predicted molar refractivity (Wildman–Crippen MR) is 111 cm³/mol. The van der Waals surface area contributed by atoms with Gasteiger partial charge in [0.05, 0.1) is 17.1 Å². The summed E-state index contributed by atoms with van der Waals surface area (Å²) < 4.78 is 40.0. The Balaban J connectivity index is 1.59. The number of carbonyl (C=O) groups excluding carboxylic acids is 1. The van der Waals surface area contributed by atoms with Crippen LogP contribution in [0.3, 0.4) is 0 Å². The van der Waals surface area contributed by atoms with E-state index in [1.54, 1.807) is 25.1 Å². The predicted octanol–water partition coefficient (Wildman–Crippen LogP) is 4.60. The molecule has 1 N–H and O–H groups in total. The third-order valence-corrected chi connectivity index (χ3v) is 4.81. The quantitative estimate of drug-likeness (QED) is 0.505. The van der Waals surface area contributed by atoms with Gasteiger partial charge in [-0.05, 0) is 55.0 Å². The highest BCUT2D eigenvalue weighted by molar-refractivity contribution is 6.03. The highest BCUT2D eigenvalue weighted by Gasteiger charge is 2.30. The molecule has 0 fully saturated rings. The van der Waals surface area contributed by atoms with Gasteiger partial charge in [0.2, 0.25) is 0 Å². The van der Waals surface area contributed by atoms with E-state index in [9.17, 15) is 18.0 Å². The maximum atomic E-state index is 12.9. The monoisotopic (exact) mass is 436 g/mol. The lowest BCUT2D eigenvalue weighted by Gasteiger charge is -2.11. The van der Waals surface area contributed by atoms with Gasteiger partial charge in [0.15, 0.2) is 5.82 Å². The van der Waals surface area contributed by atoms with Crippen LogP contribution in [-0.4, -0.2) is 25.7 Å². The Morgan fingerprint density at radius 2 is 2.00 bits per heavy atom. The second-order valence-corrected chi connectivity index (χ2v) is 6.98. The number of amides is 1. The molecule has 1 amide bonds. The molecule has 0 atom stereocenters. The van der Waals surface area contributed by atoms with E-state index in [0.717, 1.165) is 17.7 Å². The molecule has 0 aliphatic rings. The number of nitriles is 1. The first-order valence-electron chi connectivity index (χ1n) is 9.41. The summed E-state index contributed by atoms with van der Waals surface area (Å²) in [6, 6.07) is 11.9. The second-order valence-electron chi connectivity index (χ2n) is 6.98. The van der Waals surface area contributed by atoms with E-state index in [1.807, 2.05) is 6.07 Å². The van der Waals surface area contributed by atoms with Crippen LogP contribution in [0.4, 0.5) is 18.9 Å². The Hall–Kier alpha value is -4.26. The van der Waals surface area contributed by atoms with Gasteiger partial charge in [-0.1, -0.05) is 0 Å². The number of alkyl halides is 3. The zero-order valence-electron chi connectivity index (χ0n) is 16.7. The van der Waals surface area contributed by atoms with Crippen LogP contribution in [0.1, 0.15) is 21.6 Å². The van der Waals surface area contributed by atoms with Crippen LogP contribution in [0, 0.1) is 18.3 Å². The Morgan fingerprint density at radius 3 is 2.72 bits per heavy atom. The Labute approximate surface area is 180 Å². The minimum Gasteiger partial charge on any atom is -0.320 e. The molecule has 4 rings (SSSR count). The van der Waals surface area contributed by atoms with Crippen LogP contribution >= 0.6 is 0 Å². The van der Waals surface area contributed by atoms with Crippen molar-refractivity contribution in [2.75, 3.05) is 5.32 Å². The number of aryl methyl sites for hydroxylation is 1. The van der Waals surface area contributed by atoms with Crippen molar-refractivity contribution in [2.24, 2.45) is 0 Å². The molecule has 0 aliphatic carbocycles. The average molecular weight is 436 g/mol. The molecule has 2 heterocycles. The van der Waals surface area contributed by atoms with E-state index in [4.69, 9.17) is 5.26 Å². The number of nitrogens with zero attached hydrogens (tertiary/aromatic N) is 5. The summed E-state index contributed by atoms with van der Waals surface area (Å²) in [7, 11) is 0. The first-order chi connectivity index (χ1) is 15.3. The lowest BCUT2D eigenvalue weighted by molar-refractivity contribution is -0.137. The number of hydrogen-bond donors (Lipinski definition) is 1. The van der Waals surface area contributed by atoms with Crippen molar-refractivity contribution in [3.05, 3.63) is 71.7 Å². The third kappa shape index (κ3) is 4.13. The van der Waals surface area contributed by atoms with Crippen LogP contribution in [0.15, 0.2) is 54.9 Å². The minimum atomic E-state index is -4.43. The zero-order chi connectivity index (χ0) is 22.9. The van der Waals surface area contributed by atoms with Gasteiger partial charge in [-0.2, -0.15) is 23.5 Å². The van der Waals surface area contributed by atoms with Crippen LogP contribution in [0.5, 0.6) is 0 Å². The average Bonchev–Trinajstić information content (AvgIpc) is 3.22. The number of benzene rings is 2. The van der Waals surface area contributed by atoms with Crippen molar-refractivity contribution in [3.63, 3.8) is 0 Å². The molecule has 0 saturated heterocycles. The largest absolute Gasteiger partial charge is 0.416 e. The summed E-state index contributed by atoms with van der Waals surface area (Å²) in [6.45, 7) is 1.75. The van der Waals surface area contributed by atoms with Crippen molar-refractivity contribution in [2.45, 2.75) is 19.6 Å². The molecular weight excluding hydrogens is 421 g/mol. The van der Waals surface area contributed by atoms with E-state index in [1.165, 1.54) is 29.2 Å². The van der Waals surface area contributed by atoms with Gasteiger partial charge in [0, 0.05) is 29.0 Å². The van der Waals surface area contributed by atoms with Crippen molar-refractivity contribution in [3.8, 4) is 17.5 Å². The van der Waals surface area contributed by atoms with E-state index < -0.39 is 17.6 Å². The topological polar surface area (TPSA) is 96.5 Å². The number of nitrogens with one attached hydrogen (secondary N) is 1. The fourth-order valence-corrected chi connectivity index (χ4v) is 3.20. The molecule has 32 heavy (non-hydrogen) atoms. The number of aromatic nitrogens is 4. The van der Waals surface area contributed by atoms with Crippen molar-refractivity contribution < 1.29 is 18.0 Å². The molecule has 160 valence electrons. The highest BCUT2D eigenvalue weighted by Crippen LogP contribution is 2.31. The molecule has 0 unspecified atom stereocenters. The molecule has 2 aromatic carbocycles. The summed E-state index contributed by atoms with van der Waals surface area (Å²) in [4.78, 5) is 21.1. The molecule has 0 aliphatic heterocycles. The Bertz CT molecular complexity index is 1370. The van der Waals surface area contributed by atoms with E-state index in [2.05, 4.69) is 20.4 Å². The van der Waals surface area contributed by atoms with Gasteiger partial charge < -0.3 is 5.32 Å². The summed E-state index contributed by atoms with van der Waals surface area (Å²) in [5.41, 5.74) is 1.83. The van der Waals surface area contributed by atoms with Crippen LogP contribution in [-0.2, 0) is 12.7 Å². The molecule has 7 nitrogen and oxygen atoms in total. The SMILES string of the molecule is Cc1cc(-c2ncc3cc(C(F)(F)F)ccc3n2)ccc1NC(=O)c1ccnn1CC#N. The zero-order valence-corrected chi connectivity index (χ0v) is 16.7. The summed E-state index contributed by atoms with van der Waals surface area (Å²) >= 11 is 0. The van der Waals surface area contributed by atoms with Gasteiger partial charge >= 0.3 is 6.18 Å². The molecule has 2 aromatic heterocycles. The maximum absolute atomic E-state index is 12.9. The smallest absolute Gasteiger partial charge is 0.320 e. The lowest BCUT2D eigenvalue weighted by atomic mass is 10.1. The van der Waals surface area contributed by atoms with Gasteiger partial charge in [-0.3, -0.25) is 4.79 Å². The molecule has 0 bridgehead atoms. The Kier molecular flexibility index (Phi) is 5.32. The van der Waals surface area contributed by atoms with Gasteiger partial charge in [0.1, 0.15) is 12.2 Å². The summed E-state index contributed by atoms with van der Waals surface area (Å²) in [5.74, 6) is -0.0543.